The third-order valence-corrected chi connectivity index (χ3v) is 0. The third kappa shape index (κ3) is 378. The van der Waals surface area contributed by atoms with Gasteiger partial charge in [0.15, 0.2) is 0 Å². The zero-order valence-corrected chi connectivity index (χ0v) is 6.88. The molecular weight excluding hydrogens is 154 g/mol. The Labute approximate surface area is 63.6 Å². The van der Waals surface area contributed by atoms with Crippen LogP contribution in [0.3, 0.4) is 0 Å². The Morgan fingerprint density at radius 3 is 1.00 bits per heavy atom. The zero-order chi connectivity index (χ0) is 3.58. The van der Waals surface area contributed by atoms with E-state index in [1.807, 2.05) is 13.8 Å². The van der Waals surface area contributed by atoms with Gasteiger partial charge in [0.05, 0.1) is 0 Å². The summed E-state index contributed by atoms with van der Waals surface area (Å²) in [6, 6.07) is 0. The van der Waals surface area contributed by atoms with E-state index >= 15 is 0 Å². The summed E-state index contributed by atoms with van der Waals surface area (Å²) in [6.45, 7) is 7.50. The van der Waals surface area contributed by atoms with Gasteiger partial charge in [0.25, 0.3) is 0 Å². The van der Waals surface area contributed by atoms with E-state index in [4.69, 9.17) is 0 Å². The molecule has 0 saturated carbocycles. The molecule has 0 nitrogen and oxygen atoms in total. The molecule has 0 heterocycles. The van der Waals surface area contributed by atoms with Crippen molar-refractivity contribution in [1.82, 2.24) is 0 Å². The maximum absolute atomic E-state index is 3.56. The van der Waals surface area contributed by atoms with Gasteiger partial charge in [0, 0.05) is 0 Å². The van der Waals surface area contributed by atoms with Crippen LogP contribution in [0.25, 0.3) is 0 Å². The molecule has 7 heavy (non-hydrogen) atoms. The summed E-state index contributed by atoms with van der Waals surface area (Å²) in [5.74, 6) is 0. The van der Waals surface area contributed by atoms with Gasteiger partial charge in [-0.05, 0) is 13.8 Å². The molecule has 0 bridgehead atoms. The molecule has 0 aliphatic heterocycles. The molecule has 0 amide bonds. The van der Waals surface area contributed by atoms with Crippen LogP contribution in [0.15, 0.2) is 12.2 Å². The van der Waals surface area contributed by atoms with Crippen molar-refractivity contribution in [1.29, 1.82) is 0 Å². The number of hydrogen-bond acceptors (Lipinski definition) is 0. The van der Waals surface area contributed by atoms with Gasteiger partial charge in [-0.25, -0.2) is 0 Å². The molecule has 0 saturated heterocycles. The summed E-state index contributed by atoms with van der Waals surface area (Å²) in [7, 11) is 0. The molecule has 0 aromatic carbocycles. The SMILES string of the molecule is C=C(C)C.Cl.Cl.Cl. The smallest absolute Gasteiger partial charge is 0.0445 e. The normalized spacial score (nSPS) is 3.71. The molecule has 0 unspecified atom stereocenters. The van der Waals surface area contributed by atoms with Crippen LogP contribution in [0.5, 0.6) is 0 Å². The molecule has 0 fully saturated rings. The molecule has 0 aromatic heterocycles. The fourth-order valence-corrected chi connectivity index (χ4v) is 0. The average Bonchev–Trinajstić information content (AvgIpc) is 0.811. The summed E-state index contributed by atoms with van der Waals surface area (Å²) < 4.78 is 0. The first-order valence-corrected chi connectivity index (χ1v) is 1.35. The number of halogens is 3. The second-order valence-corrected chi connectivity index (χ2v) is 1.21. The summed E-state index contributed by atoms with van der Waals surface area (Å²) >= 11 is 0. The van der Waals surface area contributed by atoms with Crippen molar-refractivity contribution in [2.24, 2.45) is 0 Å². The Balaban J connectivity index is -0.0000000150. The van der Waals surface area contributed by atoms with E-state index in [9.17, 15) is 0 Å². The maximum atomic E-state index is 3.56. The van der Waals surface area contributed by atoms with Crippen molar-refractivity contribution in [2.45, 2.75) is 13.8 Å². The highest BCUT2D eigenvalue weighted by molar-refractivity contribution is 5.86. The van der Waals surface area contributed by atoms with E-state index in [1.54, 1.807) is 0 Å². The lowest BCUT2D eigenvalue weighted by Crippen LogP contribution is -1.43. The number of rotatable bonds is 0. The Hall–Kier alpha value is 0.610. The molecule has 0 atom stereocenters. The van der Waals surface area contributed by atoms with Crippen molar-refractivity contribution < 1.29 is 0 Å². The van der Waals surface area contributed by atoms with Crippen LogP contribution in [0, 0.1) is 0 Å². The second kappa shape index (κ2) is 16.0. The Morgan fingerprint density at radius 1 is 1.00 bits per heavy atom. The van der Waals surface area contributed by atoms with Gasteiger partial charge in [-0.2, -0.15) is 0 Å². The van der Waals surface area contributed by atoms with Crippen LogP contribution in [0.4, 0.5) is 0 Å². The molecule has 0 radical (unpaired) electrons. The molecule has 0 aliphatic carbocycles. The van der Waals surface area contributed by atoms with Gasteiger partial charge in [0.1, 0.15) is 0 Å². The van der Waals surface area contributed by atoms with Gasteiger partial charge < -0.3 is 0 Å². The van der Waals surface area contributed by atoms with Crippen LogP contribution >= 0.6 is 37.2 Å². The molecule has 0 aromatic rings. The first-order chi connectivity index (χ1) is 1.73. The number of hydrogen-bond donors (Lipinski definition) is 0. The minimum absolute atomic E-state index is 0. The van der Waals surface area contributed by atoms with Crippen LogP contribution in [-0.4, -0.2) is 0 Å². The molecule has 0 rings (SSSR count). The maximum Gasteiger partial charge on any atom is -0.0445 e. The minimum Gasteiger partial charge on any atom is -0.147 e. The van der Waals surface area contributed by atoms with Crippen molar-refractivity contribution in [3.63, 3.8) is 0 Å². The summed E-state index contributed by atoms with van der Waals surface area (Å²) in [5.41, 5.74) is 1.17. The van der Waals surface area contributed by atoms with Crippen molar-refractivity contribution in [3.8, 4) is 0 Å². The zero-order valence-electron chi connectivity index (χ0n) is 4.43. The van der Waals surface area contributed by atoms with E-state index in [0.29, 0.717) is 0 Å². The van der Waals surface area contributed by atoms with Crippen molar-refractivity contribution in [3.05, 3.63) is 12.2 Å². The summed E-state index contributed by atoms with van der Waals surface area (Å²) in [5, 5.41) is 0. The van der Waals surface area contributed by atoms with Crippen LogP contribution in [-0.2, 0) is 0 Å². The van der Waals surface area contributed by atoms with Gasteiger partial charge in [-0.3, -0.25) is 0 Å². The van der Waals surface area contributed by atoms with E-state index in [1.165, 1.54) is 5.57 Å². The molecule has 0 spiro atoms. The Kier molecular flexibility index (Phi) is 58.2. The first-order valence-electron chi connectivity index (χ1n) is 1.35. The Bertz CT molecular complexity index is 29.9. The van der Waals surface area contributed by atoms with Crippen molar-refractivity contribution >= 4 is 37.2 Å². The summed E-state index contributed by atoms with van der Waals surface area (Å²) in [4.78, 5) is 0. The van der Waals surface area contributed by atoms with Gasteiger partial charge in [0.2, 0.25) is 0 Å². The van der Waals surface area contributed by atoms with Gasteiger partial charge >= 0.3 is 0 Å². The van der Waals surface area contributed by atoms with E-state index in [2.05, 4.69) is 6.58 Å². The van der Waals surface area contributed by atoms with E-state index in [0.717, 1.165) is 0 Å². The highest BCUT2D eigenvalue weighted by atomic mass is 35.5. The van der Waals surface area contributed by atoms with Crippen LogP contribution in [0.1, 0.15) is 13.8 Å². The highest BCUT2D eigenvalue weighted by Gasteiger charge is 1.51. The summed E-state index contributed by atoms with van der Waals surface area (Å²) in [6.07, 6.45) is 0. The van der Waals surface area contributed by atoms with Crippen LogP contribution in [0.2, 0.25) is 0 Å². The molecule has 48 valence electrons. The lowest BCUT2D eigenvalue weighted by Gasteiger charge is -1.65. The highest BCUT2D eigenvalue weighted by Crippen LogP contribution is 1.73. The lowest BCUT2D eigenvalue weighted by molar-refractivity contribution is 1.42. The quantitative estimate of drug-likeness (QED) is 0.484. The Morgan fingerprint density at radius 2 is 1.00 bits per heavy atom. The minimum atomic E-state index is 0. The second-order valence-electron chi connectivity index (χ2n) is 1.21. The van der Waals surface area contributed by atoms with Gasteiger partial charge in [-0.1, -0.05) is 5.57 Å². The predicted molar refractivity (Wildman–Crippen MR) is 42.2 cm³/mol. The van der Waals surface area contributed by atoms with E-state index in [-0.39, 0.29) is 37.2 Å². The van der Waals surface area contributed by atoms with E-state index < -0.39 is 0 Å². The first kappa shape index (κ1) is 25.5. The fourth-order valence-electron chi connectivity index (χ4n) is 0. The predicted octanol–water partition coefficient (Wildman–Crippen LogP) is 2.85. The third-order valence-electron chi connectivity index (χ3n) is 0. The lowest BCUT2D eigenvalue weighted by atomic mass is 10.4. The number of allylic oxidation sites excluding steroid dienone is 1. The molecular formula is C4H11Cl3. The average molecular weight is 165 g/mol. The monoisotopic (exact) mass is 164 g/mol. The van der Waals surface area contributed by atoms with Crippen LogP contribution < -0.4 is 0 Å². The molecule has 0 N–H and O–H groups in total. The fraction of sp³-hybridized carbons (Fsp3) is 0.500. The van der Waals surface area contributed by atoms with Gasteiger partial charge in [-0.15, -0.1) is 43.8 Å². The largest absolute Gasteiger partial charge is 0.147 e. The van der Waals surface area contributed by atoms with Crippen molar-refractivity contribution in [2.75, 3.05) is 0 Å². The topological polar surface area (TPSA) is 0 Å². The standard InChI is InChI=1S/C4H8.3ClH/c1-4(2)3;;;/h1H2,2-3H3;3*1H. The molecule has 3 heteroatoms. The molecule has 0 aliphatic rings.